The summed E-state index contributed by atoms with van der Waals surface area (Å²) in [5.74, 6) is 0.794. The zero-order chi connectivity index (χ0) is 18.1. The van der Waals surface area contributed by atoms with Gasteiger partial charge in [0.15, 0.2) is 0 Å². The Bertz CT molecular complexity index is 527. The van der Waals surface area contributed by atoms with Crippen LogP contribution in [0.4, 0.5) is 0 Å². The van der Waals surface area contributed by atoms with Gasteiger partial charge in [-0.2, -0.15) is 0 Å². The molecule has 27 heavy (non-hydrogen) atoms. The number of halogens is 2. The van der Waals surface area contributed by atoms with E-state index in [0.29, 0.717) is 19.7 Å². The van der Waals surface area contributed by atoms with Gasteiger partial charge in [0.1, 0.15) is 18.5 Å². The van der Waals surface area contributed by atoms with Crippen molar-refractivity contribution in [2.75, 3.05) is 32.8 Å². The first-order valence-corrected chi connectivity index (χ1v) is 9.23. The van der Waals surface area contributed by atoms with Gasteiger partial charge in [0, 0.05) is 19.6 Å². The first kappa shape index (κ1) is 26.0. The van der Waals surface area contributed by atoms with Gasteiger partial charge in [0.25, 0.3) is 0 Å². The predicted molar refractivity (Wildman–Crippen MR) is 113 cm³/mol. The van der Waals surface area contributed by atoms with E-state index in [-0.39, 0.29) is 42.9 Å². The second-order valence-corrected chi connectivity index (χ2v) is 6.30. The first-order chi connectivity index (χ1) is 12.2. The van der Waals surface area contributed by atoms with Crippen LogP contribution in [0.2, 0.25) is 0 Å². The quantitative estimate of drug-likeness (QED) is 0.606. The number of nitrogens with zero attached hydrogens (tertiary/aromatic N) is 1. The van der Waals surface area contributed by atoms with Crippen LogP contribution in [0.3, 0.4) is 0 Å². The number of hydrogen-bond donors (Lipinski definition) is 2. The van der Waals surface area contributed by atoms with E-state index < -0.39 is 0 Å². The molecular weight excluding hydrogens is 389 g/mol. The highest BCUT2D eigenvalue weighted by molar-refractivity contribution is 5.85. The Morgan fingerprint density at radius 3 is 2.44 bits per heavy atom. The highest BCUT2D eigenvalue weighted by atomic mass is 35.5. The largest absolute Gasteiger partial charge is 0.492 e. The van der Waals surface area contributed by atoms with Crippen molar-refractivity contribution in [3.63, 3.8) is 0 Å². The molecule has 6 nitrogen and oxygen atoms in total. The molecule has 0 saturated carbocycles. The maximum atomic E-state index is 12.1. The highest BCUT2D eigenvalue weighted by Gasteiger charge is 2.29. The number of benzene rings is 1. The Labute approximate surface area is 175 Å². The molecule has 1 aromatic rings. The molecule has 0 unspecified atom stereocenters. The van der Waals surface area contributed by atoms with E-state index in [0.717, 1.165) is 43.8 Å². The van der Waals surface area contributed by atoms with Gasteiger partial charge in [-0.1, -0.05) is 26.0 Å². The number of carbonyl (C=O) groups is 1. The summed E-state index contributed by atoms with van der Waals surface area (Å²) in [4.78, 5) is 14.4. The van der Waals surface area contributed by atoms with Crippen molar-refractivity contribution in [1.29, 1.82) is 0 Å². The van der Waals surface area contributed by atoms with E-state index in [1.807, 2.05) is 24.3 Å². The standard InChI is InChI=1S/C19H31N3O3.2ClH/c1-3-22(4-2)11-12-24-16-7-5-15(6-8-16)14-21-19(23)18-10-9-17(13-20)25-18;;/h5-8,17-18H,3-4,9-14,20H2,1-2H3,(H,21,23);2*1H/t17-,18+;;/m1../s1. The lowest BCUT2D eigenvalue weighted by Crippen LogP contribution is -2.35. The van der Waals surface area contributed by atoms with Crippen molar-refractivity contribution >= 4 is 30.7 Å². The molecule has 1 fully saturated rings. The summed E-state index contributed by atoms with van der Waals surface area (Å²) < 4.78 is 11.4. The molecule has 8 heteroatoms. The minimum Gasteiger partial charge on any atom is -0.492 e. The van der Waals surface area contributed by atoms with Crippen LogP contribution < -0.4 is 15.8 Å². The lowest BCUT2D eigenvalue weighted by Gasteiger charge is -2.18. The molecule has 1 aliphatic rings. The van der Waals surface area contributed by atoms with Gasteiger partial charge < -0.3 is 25.4 Å². The fourth-order valence-corrected chi connectivity index (χ4v) is 2.91. The number of likely N-dealkylation sites (N-methyl/N-ethyl adjacent to an activating group) is 1. The Balaban J connectivity index is 0.00000338. The van der Waals surface area contributed by atoms with Crippen LogP contribution in [-0.2, 0) is 16.1 Å². The molecule has 2 rings (SSSR count). The SMILES string of the molecule is CCN(CC)CCOc1ccc(CNC(=O)[C@@H]2CC[C@H](CN)O2)cc1.Cl.Cl. The van der Waals surface area contributed by atoms with Crippen molar-refractivity contribution in [3.8, 4) is 5.75 Å². The van der Waals surface area contributed by atoms with Crippen LogP contribution in [0.15, 0.2) is 24.3 Å². The first-order valence-electron chi connectivity index (χ1n) is 9.23. The molecule has 0 aromatic heterocycles. The molecule has 1 aliphatic heterocycles. The van der Waals surface area contributed by atoms with Gasteiger partial charge in [0.2, 0.25) is 5.91 Å². The molecule has 1 amide bonds. The molecule has 156 valence electrons. The summed E-state index contributed by atoms with van der Waals surface area (Å²) in [6.07, 6.45) is 1.25. The molecule has 0 spiro atoms. The van der Waals surface area contributed by atoms with Crippen LogP contribution in [0, 0.1) is 0 Å². The molecule has 3 N–H and O–H groups in total. The summed E-state index contributed by atoms with van der Waals surface area (Å²) in [5.41, 5.74) is 6.61. The van der Waals surface area contributed by atoms with E-state index in [1.54, 1.807) is 0 Å². The van der Waals surface area contributed by atoms with Crippen molar-refractivity contribution in [3.05, 3.63) is 29.8 Å². The smallest absolute Gasteiger partial charge is 0.249 e. The fraction of sp³-hybridized carbons (Fsp3) is 0.632. The van der Waals surface area contributed by atoms with Crippen LogP contribution in [0.25, 0.3) is 0 Å². The summed E-state index contributed by atoms with van der Waals surface area (Å²) in [5, 5.41) is 2.93. The Morgan fingerprint density at radius 1 is 1.22 bits per heavy atom. The maximum Gasteiger partial charge on any atom is 0.249 e. The van der Waals surface area contributed by atoms with Crippen molar-refractivity contribution < 1.29 is 14.3 Å². The third kappa shape index (κ3) is 8.66. The van der Waals surface area contributed by atoms with Gasteiger partial charge in [-0.25, -0.2) is 0 Å². The van der Waals surface area contributed by atoms with E-state index in [1.165, 1.54) is 0 Å². The summed E-state index contributed by atoms with van der Waals surface area (Å²) in [6, 6.07) is 7.84. The third-order valence-electron chi connectivity index (χ3n) is 4.62. The number of amides is 1. The van der Waals surface area contributed by atoms with Crippen molar-refractivity contribution in [2.24, 2.45) is 5.73 Å². The predicted octanol–water partition coefficient (Wildman–Crippen LogP) is 2.37. The molecule has 1 heterocycles. The van der Waals surface area contributed by atoms with Crippen LogP contribution in [0.5, 0.6) is 5.75 Å². The lowest BCUT2D eigenvalue weighted by molar-refractivity contribution is -0.132. The Morgan fingerprint density at radius 2 is 1.89 bits per heavy atom. The monoisotopic (exact) mass is 421 g/mol. The average Bonchev–Trinajstić information content (AvgIpc) is 3.13. The van der Waals surface area contributed by atoms with E-state index >= 15 is 0 Å². The minimum atomic E-state index is -0.365. The summed E-state index contributed by atoms with van der Waals surface area (Å²) in [6.45, 7) is 8.95. The molecule has 2 atom stereocenters. The number of nitrogens with one attached hydrogen (secondary N) is 1. The van der Waals surface area contributed by atoms with E-state index in [2.05, 4.69) is 24.1 Å². The molecule has 1 aromatic carbocycles. The number of ether oxygens (including phenoxy) is 2. The number of nitrogens with two attached hydrogens (primary N) is 1. The van der Waals surface area contributed by atoms with Gasteiger partial charge in [-0.05, 0) is 43.6 Å². The van der Waals surface area contributed by atoms with Gasteiger partial charge in [-0.3, -0.25) is 4.79 Å². The maximum absolute atomic E-state index is 12.1. The third-order valence-corrected chi connectivity index (χ3v) is 4.62. The fourth-order valence-electron chi connectivity index (χ4n) is 2.91. The molecule has 0 bridgehead atoms. The van der Waals surface area contributed by atoms with Gasteiger partial charge in [-0.15, -0.1) is 24.8 Å². The highest BCUT2D eigenvalue weighted by Crippen LogP contribution is 2.19. The molecule has 0 aliphatic carbocycles. The van der Waals surface area contributed by atoms with Gasteiger partial charge >= 0.3 is 0 Å². The van der Waals surface area contributed by atoms with Crippen LogP contribution >= 0.6 is 24.8 Å². The van der Waals surface area contributed by atoms with Crippen LogP contribution in [-0.4, -0.2) is 55.8 Å². The van der Waals surface area contributed by atoms with Crippen molar-refractivity contribution in [1.82, 2.24) is 10.2 Å². The van der Waals surface area contributed by atoms with Crippen molar-refractivity contribution in [2.45, 2.75) is 45.4 Å². The molecular formula is C19H33Cl2N3O3. The number of hydrogen-bond acceptors (Lipinski definition) is 5. The number of carbonyl (C=O) groups excluding carboxylic acids is 1. The Hall–Kier alpha value is -1.05. The zero-order valence-corrected chi connectivity index (χ0v) is 17.8. The number of rotatable bonds is 10. The topological polar surface area (TPSA) is 76.8 Å². The minimum absolute atomic E-state index is 0. The normalized spacial score (nSPS) is 18.5. The van der Waals surface area contributed by atoms with E-state index in [9.17, 15) is 4.79 Å². The summed E-state index contributed by atoms with van der Waals surface area (Å²) >= 11 is 0. The average molecular weight is 422 g/mol. The molecule has 0 radical (unpaired) electrons. The zero-order valence-electron chi connectivity index (χ0n) is 16.2. The second kappa shape index (κ2) is 14.0. The van der Waals surface area contributed by atoms with Gasteiger partial charge in [0.05, 0.1) is 6.10 Å². The Kier molecular flexibility index (Phi) is 13.5. The second-order valence-electron chi connectivity index (χ2n) is 6.30. The lowest BCUT2D eigenvalue weighted by atomic mass is 10.1. The summed E-state index contributed by atoms with van der Waals surface area (Å²) in [7, 11) is 0. The molecule has 1 saturated heterocycles. The van der Waals surface area contributed by atoms with Crippen LogP contribution in [0.1, 0.15) is 32.3 Å². The van der Waals surface area contributed by atoms with E-state index in [4.69, 9.17) is 15.2 Å².